The van der Waals surface area contributed by atoms with Crippen LogP contribution in [0.5, 0.6) is 0 Å². The molecule has 0 aliphatic heterocycles. The van der Waals surface area contributed by atoms with Gasteiger partial charge in [0.25, 0.3) is 15.6 Å². The van der Waals surface area contributed by atoms with Crippen molar-refractivity contribution in [2.24, 2.45) is 0 Å². The maximum atomic E-state index is 13.1. The monoisotopic (exact) mass is 442 g/mol. The smallest absolute Gasteiger partial charge is 0.307 e. The van der Waals surface area contributed by atoms with Crippen LogP contribution in [0.2, 0.25) is 0 Å². The Morgan fingerprint density at radius 3 is 2.55 bits per heavy atom. The lowest BCUT2D eigenvalue weighted by atomic mass is 9.94. The first kappa shape index (κ1) is 21.3. The lowest BCUT2D eigenvalue weighted by Gasteiger charge is -2.31. The number of para-hydroxylation sites is 1. The largest absolute Gasteiger partial charge is 0.326 e. The zero-order valence-corrected chi connectivity index (χ0v) is 18.2. The van der Waals surface area contributed by atoms with E-state index in [2.05, 4.69) is 26.6 Å². The Morgan fingerprint density at radius 1 is 1.03 bits per heavy atom. The maximum Gasteiger partial charge on any atom is 0.326 e. The predicted molar refractivity (Wildman–Crippen MR) is 121 cm³/mol. The van der Waals surface area contributed by atoms with Crippen molar-refractivity contribution in [2.75, 3.05) is 11.8 Å². The predicted octanol–water partition coefficient (Wildman–Crippen LogP) is 2.78. The van der Waals surface area contributed by atoms with Gasteiger partial charge in [-0.1, -0.05) is 37.5 Å². The van der Waals surface area contributed by atoms with Crippen molar-refractivity contribution >= 4 is 26.6 Å². The van der Waals surface area contributed by atoms with E-state index in [-0.39, 0.29) is 15.8 Å². The fourth-order valence-electron chi connectivity index (χ4n) is 4.19. The molecular weight excluding hydrogens is 416 g/mol. The van der Waals surface area contributed by atoms with Gasteiger partial charge < -0.3 is 4.98 Å². The van der Waals surface area contributed by atoms with Gasteiger partial charge in [-0.15, -0.1) is 0 Å². The molecule has 164 valence electrons. The summed E-state index contributed by atoms with van der Waals surface area (Å²) >= 11 is 0. The van der Waals surface area contributed by atoms with Gasteiger partial charge in [-0.25, -0.2) is 13.2 Å². The average molecular weight is 443 g/mol. The van der Waals surface area contributed by atoms with Crippen LogP contribution in [-0.4, -0.2) is 36.4 Å². The summed E-state index contributed by atoms with van der Waals surface area (Å²) in [6.07, 6.45) is 6.07. The molecule has 0 saturated heterocycles. The summed E-state index contributed by atoms with van der Waals surface area (Å²) in [6.45, 7) is 0.641. The summed E-state index contributed by atoms with van der Waals surface area (Å²) < 4.78 is 28.8. The van der Waals surface area contributed by atoms with Crippen LogP contribution in [0.15, 0.2) is 56.9 Å². The molecule has 0 atom stereocenters. The molecule has 1 aliphatic rings. The second-order valence-electron chi connectivity index (χ2n) is 8.09. The number of hydrogen-bond acceptors (Lipinski definition) is 5. The number of nitrogens with one attached hydrogen (secondary N) is 3. The molecule has 1 heterocycles. The van der Waals surface area contributed by atoms with Gasteiger partial charge in [0.05, 0.1) is 21.5 Å². The number of hydrogen-bond donors (Lipinski definition) is 3. The van der Waals surface area contributed by atoms with Crippen LogP contribution in [0.4, 0.5) is 5.69 Å². The van der Waals surface area contributed by atoms with E-state index in [9.17, 15) is 18.0 Å². The number of sulfonamides is 1. The molecule has 3 aromatic rings. The standard InChI is InChI=1S/C22H26N4O4S/c1-26(16-8-3-2-4-9-16)14-15-7-5-6-10-19(15)25-31(29,30)17-11-12-20-18(13-17)21(27)24-22(28)23-20/h5-7,10-13,16,25H,2-4,8-9,14H2,1H3,(H2,23,24,27,28). The molecule has 9 heteroatoms. The number of aromatic amines is 2. The molecule has 1 aliphatic carbocycles. The summed E-state index contributed by atoms with van der Waals surface area (Å²) in [5.74, 6) is 0. The number of H-pyrrole nitrogens is 2. The van der Waals surface area contributed by atoms with Gasteiger partial charge in [0.1, 0.15) is 0 Å². The van der Waals surface area contributed by atoms with Crippen LogP contribution in [0, 0.1) is 0 Å². The van der Waals surface area contributed by atoms with Crippen LogP contribution < -0.4 is 16.0 Å². The first-order valence-corrected chi connectivity index (χ1v) is 11.9. The Morgan fingerprint density at radius 2 is 1.77 bits per heavy atom. The highest BCUT2D eigenvalue weighted by Crippen LogP contribution is 2.26. The van der Waals surface area contributed by atoms with Gasteiger partial charge >= 0.3 is 5.69 Å². The van der Waals surface area contributed by atoms with Gasteiger partial charge in [-0.3, -0.25) is 19.4 Å². The number of anilines is 1. The molecule has 8 nitrogen and oxygen atoms in total. The lowest BCUT2D eigenvalue weighted by molar-refractivity contribution is 0.185. The summed E-state index contributed by atoms with van der Waals surface area (Å²) in [6, 6.07) is 11.9. The van der Waals surface area contributed by atoms with E-state index < -0.39 is 21.3 Å². The zero-order valence-electron chi connectivity index (χ0n) is 17.3. The molecule has 1 fully saturated rings. The highest BCUT2D eigenvalue weighted by Gasteiger charge is 2.21. The fraction of sp³-hybridized carbons (Fsp3) is 0.364. The quantitative estimate of drug-likeness (QED) is 0.543. The molecule has 1 aromatic heterocycles. The van der Waals surface area contributed by atoms with Crippen molar-refractivity contribution in [1.29, 1.82) is 0 Å². The van der Waals surface area contributed by atoms with Gasteiger partial charge in [0, 0.05) is 12.6 Å². The van der Waals surface area contributed by atoms with E-state index >= 15 is 0 Å². The Balaban J connectivity index is 1.61. The Labute approximate surface area is 180 Å². The summed E-state index contributed by atoms with van der Waals surface area (Å²) in [5, 5.41) is 0.104. The minimum absolute atomic E-state index is 0.0482. The van der Waals surface area contributed by atoms with Crippen molar-refractivity contribution in [3.8, 4) is 0 Å². The number of rotatable bonds is 6. The van der Waals surface area contributed by atoms with Crippen LogP contribution in [-0.2, 0) is 16.6 Å². The highest BCUT2D eigenvalue weighted by molar-refractivity contribution is 7.92. The fourth-order valence-corrected chi connectivity index (χ4v) is 5.32. The number of fused-ring (bicyclic) bond motifs is 1. The van der Waals surface area contributed by atoms with E-state index in [1.54, 1.807) is 12.1 Å². The summed E-state index contributed by atoms with van der Waals surface area (Å²) in [7, 11) is -1.85. The first-order chi connectivity index (χ1) is 14.8. The molecule has 0 unspecified atom stereocenters. The second kappa shape index (κ2) is 8.68. The van der Waals surface area contributed by atoms with Crippen molar-refractivity contribution < 1.29 is 8.42 Å². The summed E-state index contributed by atoms with van der Waals surface area (Å²) in [5.41, 5.74) is 0.414. The summed E-state index contributed by atoms with van der Waals surface area (Å²) in [4.78, 5) is 30.3. The molecule has 1 saturated carbocycles. The third-order valence-corrected chi connectivity index (χ3v) is 7.26. The molecule has 0 radical (unpaired) electrons. The van der Waals surface area contributed by atoms with Crippen LogP contribution in [0.25, 0.3) is 10.9 Å². The SMILES string of the molecule is CN(Cc1ccccc1NS(=O)(=O)c1ccc2[nH]c(=O)[nH]c(=O)c2c1)C1CCCCC1. The Kier molecular flexibility index (Phi) is 5.97. The van der Waals surface area contributed by atoms with Crippen molar-refractivity contribution in [2.45, 2.75) is 49.6 Å². The molecule has 0 amide bonds. The molecule has 4 rings (SSSR count). The zero-order chi connectivity index (χ0) is 22.0. The third kappa shape index (κ3) is 4.72. The second-order valence-corrected chi connectivity index (χ2v) is 9.77. The van der Waals surface area contributed by atoms with E-state index in [1.807, 2.05) is 12.1 Å². The van der Waals surface area contributed by atoms with Crippen molar-refractivity contribution in [3.05, 3.63) is 68.9 Å². The van der Waals surface area contributed by atoms with E-state index in [0.717, 1.165) is 18.4 Å². The van der Waals surface area contributed by atoms with E-state index in [4.69, 9.17) is 0 Å². The Hall–Kier alpha value is -2.91. The van der Waals surface area contributed by atoms with Gasteiger partial charge in [-0.2, -0.15) is 0 Å². The first-order valence-electron chi connectivity index (χ1n) is 10.4. The van der Waals surface area contributed by atoms with Crippen molar-refractivity contribution in [3.63, 3.8) is 0 Å². The molecule has 3 N–H and O–H groups in total. The van der Waals surface area contributed by atoms with Crippen LogP contribution >= 0.6 is 0 Å². The average Bonchev–Trinajstić information content (AvgIpc) is 2.75. The topological polar surface area (TPSA) is 115 Å². The highest BCUT2D eigenvalue weighted by atomic mass is 32.2. The normalized spacial score (nSPS) is 15.4. The minimum Gasteiger partial charge on any atom is -0.307 e. The van der Waals surface area contributed by atoms with Crippen molar-refractivity contribution in [1.82, 2.24) is 14.9 Å². The minimum atomic E-state index is -3.93. The molecule has 31 heavy (non-hydrogen) atoms. The Bertz CT molecular complexity index is 1310. The molecule has 0 bridgehead atoms. The van der Waals surface area contributed by atoms with E-state index in [0.29, 0.717) is 18.3 Å². The molecule has 0 spiro atoms. The van der Waals surface area contributed by atoms with Crippen LogP contribution in [0.3, 0.4) is 0 Å². The van der Waals surface area contributed by atoms with E-state index in [1.165, 1.54) is 37.5 Å². The number of aromatic nitrogens is 2. The van der Waals surface area contributed by atoms with Gasteiger partial charge in [0.15, 0.2) is 0 Å². The third-order valence-electron chi connectivity index (χ3n) is 5.90. The lowest BCUT2D eigenvalue weighted by Crippen LogP contribution is -2.33. The number of nitrogens with zero attached hydrogens (tertiary/aromatic N) is 1. The van der Waals surface area contributed by atoms with Gasteiger partial charge in [0.2, 0.25) is 0 Å². The molecular formula is C22H26N4O4S. The van der Waals surface area contributed by atoms with Gasteiger partial charge in [-0.05, 0) is 49.7 Å². The molecule has 2 aromatic carbocycles. The van der Waals surface area contributed by atoms with Crippen LogP contribution in [0.1, 0.15) is 37.7 Å². The number of benzene rings is 2. The maximum absolute atomic E-state index is 13.1.